The third kappa shape index (κ3) is 2.93. The summed E-state index contributed by atoms with van der Waals surface area (Å²) in [5.74, 6) is 0. The van der Waals surface area contributed by atoms with Gasteiger partial charge in [-0.1, -0.05) is 24.3 Å². The van der Waals surface area contributed by atoms with E-state index in [1.807, 2.05) is 0 Å². The van der Waals surface area contributed by atoms with Crippen molar-refractivity contribution >= 4 is 0 Å². The highest BCUT2D eigenvalue weighted by molar-refractivity contribution is 5.33. The first-order valence-corrected chi connectivity index (χ1v) is 7.33. The third-order valence-corrected chi connectivity index (χ3v) is 4.21. The molecule has 0 spiro atoms. The zero-order valence-corrected chi connectivity index (χ0v) is 11.0. The van der Waals surface area contributed by atoms with E-state index in [-0.39, 0.29) is 0 Å². The summed E-state index contributed by atoms with van der Waals surface area (Å²) in [5.41, 5.74) is 3.07. The second-order valence-electron chi connectivity index (χ2n) is 5.61. The topological polar surface area (TPSA) is 21.3 Å². The Kier molecular flexibility index (Phi) is 3.96. The summed E-state index contributed by atoms with van der Waals surface area (Å²) in [6.07, 6.45) is 7.97. The van der Waals surface area contributed by atoms with E-state index in [9.17, 15) is 0 Å². The van der Waals surface area contributed by atoms with Crippen molar-refractivity contribution in [1.82, 2.24) is 5.32 Å². The maximum absolute atomic E-state index is 5.65. The molecule has 98 valence electrons. The monoisotopic (exact) mass is 245 g/mol. The molecule has 1 heterocycles. The summed E-state index contributed by atoms with van der Waals surface area (Å²) in [6.45, 7) is 2.12. The van der Waals surface area contributed by atoms with Crippen molar-refractivity contribution in [2.24, 2.45) is 0 Å². The Morgan fingerprint density at radius 3 is 2.61 bits per heavy atom. The van der Waals surface area contributed by atoms with Crippen molar-refractivity contribution in [3.63, 3.8) is 0 Å². The number of fused-ring (bicyclic) bond motifs is 1. The standard InChI is InChI=1S/C16H23NO/c1-2-6-14-12-15(11-13(14)5-1)17-9-3-7-16-8-4-10-18-16/h1-2,5-6,15-17H,3-4,7-12H2. The van der Waals surface area contributed by atoms with Crippen LogP contribution in [0.5, 0.6) is 0 Å². The lowest BCUT2D eigenvalue weighted by Crippen LogP contribution is -2.30. The predicted octanol–water partition coefficient (Wildman–Crippen LogP) is 2.70. The van der Waals surface area contributed by atoms with Crippen LogP contribution in [0.15, 0.2) is 24.3 Å². The average molecular weight is 245 g/mol. The van der Waals surface area contributed by atoms with Gasteiger partial charge in [0, 0.05) is 12.6 Å². The molecule has 1 N–H and O–H groups in total. The van der Waals surface area contributed by atoms with Crippen molar-refractivity contribution in [2.45, 2.75) is 50.7 Å². The Labute approximate surface area is 110 Å². The molecule has 1 aliphatic carbocycles. The van der Waals surface area contributed by atoms with Crippen molar-refractivity contribution in [1.29, 1.82) is 0 Å². The number of benzene rings is 1. The second kappa shape index (κ2) is 5.85. The highest BCUT2D eigenvalue weighted by atomic mass is 16.5. The van der Waals surface area contributed by atoms with E-state index in [0.29, 0.717) is 12.1 Å². The molecule has 0 bridgehead atoms. The molecule has 1 unspecified atom stereocenters. The molecule has 0 amide bonds. The molecule has 2 nitrogen and oxygen atoms in total. The molecule has 0 radical (unpaired) electrons. The van der Waals surface area contributed by atoms with Crippen LogP contribution in [0, 0.1) is 0 Å². The minimum absolute atomic E-state index is 0.549. The largest absolute Gasteiger partial charge is 0.378 e. The van der Waals surface area contributed by atoms with Crippen LogP contribution in [0.25, 0.3) is 0 Å². The molecular formula is C16H23NO. The summed E-state index contributed by atoms with van der Waals surface area (Å²) in [5, 5.41) is 3.70. The fourth-order valence-corrected chi connectivity index (χ4v) is 3.21. The first-order valence-electron chi connectivity index (χ1n) is 7.33. The summed E-state index contributed by atoms with van der Waals surface area (Å²) >= 11 is 0. The Bertz CT molecular complexity index is 359. The van der Waals surface area contributed by atoms with Gasteiger partial charge in [-0.15, -0.1) is 0 Å². The molecule has 0 saturated carbocycles. The van der Waals surface area contributed by atoms with E-state index in [1.54, 1.807) is 0 Å². The predicted molar refractivity (Wildman–Crippen MR) is 73.8 cm³/mol. The van der Waals surface area contributed by atoms with Crippen LogP contribution >= 0.6 is 0 Å². The molecule has 0 aromatic heterocycles. The van der Waals surface area contributed by atoms with Gasteiger partial charge in [0.15, 0.2) is 0 Å². The van der Waals surface area contributed by atoms with Crippen LogP contribution in [0.4, 0.5) is 0 Å². The van der Waals surface area contributed by atoms with Crippen LogP contribution in [-0.4, -0.2) is 25.3 Å². The van der Waals surface area contributed by atoms with Crippen molar-refractivity contribution in [3.05, 3.63) is 35.4 Å². The van der Waals surface area contributed by atoms with Crippen molar-refractivity contribution in [2.75, 3.05) is 13.2 Å². The summed E-state index contributed by atoms with van der Waals surface area (Å²) in [4.78, 5) is 0. The zero-order valence-electron chi connectivity index (χ0n) is 11.0. The maximum atomic E-state index is 5.65. The van der Waals surface area contributed by atoms with Crippen molar-refractivity contribution in [3.8, 4) is 0 Å². The third-order valence-electron chi connectivity index (χ3n) is 4.21. The molecule has 1 aromatic carbocycles. The van der Waals surface area contributed by atoms with Crippen LogP contribution in [0.2, 0.25) is 0 Å². The molecule has 18 heavy (non-hydrogen) atoms. The van der Waals surface area contributed by atoms with E-state index in [4.69, 9.17) is 4.74 Å². The molecule has 2 heteroatoms. The Balaban J connectivity index is 1.35. The fourth-order valence-electron chi connectivity index (χ4n) is 3.21. The molecule has 1 atom stereocenters. The van der Waals surface area contributed by atoms with E-state index in [0.717, 1.165) is 13.2 Å². The van der Waals surface area contributed by atoms with Gasteiger partial charge in [-0.05, 0) is 56.2 Å². The van der Waals surface area contributed by atoms with Crippen molar-refractivity contribution < 1.29 is 4.74 Å². The molecule has 1 aliphatic heterocycles. The van der Waals surface area contributed by atoms with Gasteiger partial charge in [0.05, 0.1) is 6.10 Å². The van der Waals surface area contributed by atoms with Gasteiger partial charge >= 0.3 is 0 Å². The Hall–Kier alpha value is -0.860. The number of nitrogens with one attached hydrogen (secondary N) is 1. The first kappa shape index (κ1) is 12.2. The SMILES string of the molecule is c1ccc2c(c1)CC(NCCCC1CCCO1)C2. The van der Waals surface area contributed by atoms with Gasteiger partial charge in [-0.2, -0.15) is 0 Å². The van der Waals surface area contributed by atoms with Gasteiger partial charge in [-0.25, -0.2) is 0 Å². The first-order chi connectivity index (χ1) is 8.92. The van der Waals surface area contributed by atoms with E-state index >= 15 is 0 Å². The normalized spacial score (nSPS) is 23.4. The molecule has 1 fully saturated rings. The summed E-state index contributed by atoms with van der Waals surface area (Å²) in [7, 11) is 0. The van der Waals surface area contributed by atoms with Gasteiger partial charge in [0.2, 0.25) is 0 Å². The van der Waals surface area contributed by atoms with Crippen LogP contribution < -0.4 is 5.32 Å². The Morgan fingerprint density at radius 1 is 1.17 bits per heavy atom. The highest BCUT2D eigenvalue weighted by Gasteiger charge is 2.20. The molecule has 1 aromatic rings. The minimum atomic E-state index is 0.549. The number of hydrogen-bond acceptors (Lipinski definition) is 2. The number of hydrogen-bond donors (Lipinski definition) is 1. The molecular weight excluding hydrogens is 222 g/mol. The van der Waals surface area contributed by atoms with Gasteiger partial charge in [0.25, 0.3) is 0 Å². The quantitative estimate of drug-likeness (QED) is 0.805. The van der Waals surface area contributed by atoms with Gasteiger partial charge < -0.3 is 10.1 Å². The van der Waals surface area contributed by atoms with Crippen LogP contribution in [0.3, 0.4) is 0 Å². The molecule has 1 saturated heterocycles. The minimum Gasteiger partial charge on any atom is -0.378 e. The van der Waals surface area contributed by atoms with E-state index in [2.05, 4.69) is 29.6 Å². The fraction of sp³-hybridized carbons (Fsp3) is 0.625. The van der Waals surface area contributed by atoms with Gasteiger partial charge in [-0.3, -0.25) is 0 Å². The number of ether oxygens (including phenoxy) is 1. The lowest BCUT2D eigenvalue weighted by atomic mass is 10.1. The lowest BCUT2D eigenvalue weighted by molar-refractivity contribution is 0.102. The smallest absolute Gasteiger partial charge is 0.0576 e. The summed E-state index contributed by atoms with van der Waals surface area (Å²) in [6, 6.07) is 9.50. The van der Waals surface area contributed by atoms with Crippen LogP contribution in [-0.2, 0) is 17.6 Å². The molecule has 2 aliphatic rings. The highest BCUT2D eigenvalue weighted by Crippen LogP contribution is 2.22. The second-order valence-corrected chi connectivity index (χ2v) is 5.61. The number of rotatable bonds is 5. The zero-order chi connectivity index (χ0) is 12.2. The maximum Gasteiger partial charge on any atom is 0.0576 e. The summed E-state index contributed by atoms with van der Waals surface area (Å²) < 4.78 is 5.65. The van der Waals surface area contributed by atoms with Crippen LogP contribution in [0.1, 0.15) is 36.8 Å². The average Bonchev–Trinajstić information content (AvgIpc) is 3.03. The molecule has 3 rings (SSSR count). The van der Waals surface area contributed by atoms with E-state index < -0.39 is 0 Å². The lowest BCUT2D eigenvalue weighted by Gasteiger charge is -2.13. The Morgan fingerprint density at radius 2 is 1.94 bits per heavy atom. The van der Waals surface area contributed by atoms with Gasteiger partial charge in [0.1, 0.15) is 0 Å². The van der Waals surface area contributed by atoms with E-state index in [1.165, 1.54) is 49.7 Å².